The van der Waals surface area contributed by atoms with Crippen LogP contribution in [0.4, 0.5) is 0 Å². The Morgan fingerprint density at radius 3 is 2.92 bits per heavy atom. The first-order valence-electron chi connectivity index (χ1n) is 3.97. The summed E-state index contributed by atoms with van der Waals surface area (Å²) in [7, 11) is 0. The molecular weight excluding hydrogens is 172 g/mol. The van der Waals surface area contributed by atoms with Crippen molar-refractivity contribution < 1.29 is 4.42 Å². The minimum Gasteiger partial charge on any atom is -0.468 e. The van der Waals surface area contributed by atoms with Gasteiger partial charge in [-0.3, -0.25) is 0 Å². The van der Waals surface area contributed by atoms with E-state index in [0.717, 1.165) is 28.0 Å². The number of benzene rings is 1. The minimum atomic E-state index is 0.760. The van der Waals surface area contributed by atoms with Crippen LogP contribution in [0.15, 0.2) is 28.9 Å². The van der Waals surface area contributed by atoms with Gasteiger partial charge in [0.2, 0.25) is 0 Å². The van der Waals surface area contributed by atoms with Crippen molar-refractivity contribution in [2.45, 2.75) is 13.3 Å². The molecule has 1 heterocycles. The summed E-state index contributed by atoms with van der Waals surface area (Å²) >= 11 is 5.97. The van der Waals surface area contributed by atoms with E-state index in [4.69, 9.17) is 16.0 Å². The molecule has 0 fully saturated rings. The Morgan fingerprint density at radius 2 is 2.17 bits per heavy atom. The lowest BCUT2D eigenvalue weighted by molar-refractivity contribution is 0.522. The van der Waals surface area contributed by atoms with E-state index in [9.17, 15) is 0 Å². The first-order valence-corrected chi connectivity index (χ1v) is 4.35. The van der Waals surface area contributed by atoms with Crippen molar-refractivity contribution >= 4 is 22.4 Å². The topological polar surface area (TPSA) is 13.1 Å². The first kappa shape index (κ1) is 7.69. The van der Waals surface area contributed by atoms with Crippen LogP contribution >= 0.6 is 11.6 Å². The molecule has 2 heteroatoms. The highest BCUT2D eigenvalue weighted by atomic mass is 35.5. The van der Waals surface area contributed by atoms with E-state index in [2.05, 4.69) is 6.92 Å². The molecule has 0 atom stereocenters. The van der Waals surface area contributed by atoms with Gasteiger partial charge in [-0.05, 0) is 6.07 Å². The summed E-state index contributed by atoms with van der Waals surface area (Å²) in [6.45, 7) is 2.07. The van der Waals surface area contributed by atoms with Gasteiger partial charge < -0.3 is 4.42 Å². The van der Waals surface area contributed by atoms with E-state index in [1.54, 1.807) is 6.26 Å². The standard InChI is InChI=1S/C10H9ClO/c1-2-10-7-4-3-5-9(11)8(7)6-12-10/h3-6H,2H2,1H3. The SMILES string of the molecule is CCc1occ2c(Cl)cccc12. The molecule has 0 unspecified atom stereocenters. The third-order valence-electron chi connectivity index (χ3n) is 1.99. The predicted molar refractivity (Wildman–Crippen MR) is 50.6 cm³/mol. The van der Waals surface area contributed by atoms with E-state index in [1.807, 2.05) is 18.2 Å². The largest absolute Gasteiger partial charge is 0.468 e. The molecule has 0 aliphatic rings. The maximum atomic E-state index is 5.97. The van der Waals surface area contributed by atoms with Crippen LogP contribution in [-0.4, -0.2) is 0 Å². The first-order chi connectivity index (χ1) is 5.83. The predicted octanol–water partition coefficient (Wildman–Crippen LogP) is 3.65. The molecule has 0 saturated carbocycles. The maximum Gasteiger partial charge on any atom is 0.111 e. The molecule has 1 nitrogen and oxygen atoms in total. The zero-order chi connectivity index (χ0) is 8.55. The van der Waals surface area contributed by atoms with Crippen LogP contribution in [0.2, 0.25) is 5.02 Å². The fraction of sp³-hybridized carbons (Fsp3) is 0.200. The van der Waals surface area contributed by atoms with E-state index in [1.165, 1.54) is 0 Å². The smallest absolute Gasteiger partial charge is 0.111 e. The normalized spacial score (nSPS) is 10.8. The number of fused-ring (bicyclic) bond motifs is 1. The molecule has 0 spiro atoms. The summed E-state index contributed by atoms with van der Waals surface area (Å²) in [5.41, 5.74) is 0. The lowest BCUT2D eigenvalue weighted by Gasteiger charge is -1.92. The van der Waals surface area contributed by atoms with Crippen molar-refractivity contribution in [1.29, 1.82) is 0 Å². The molecule has 62 valence electrons. The molecule has 0 bridgehead atoms. The molecule has 1 aromatic carbocycles. The zero-order valence-electron chi connectivity index (χ0n) is 6.80. The Morgan fingerprint density at radius 1 is 1.33 bits per heavy atom. The van der Waals surface area contributed by atoms with Crippen molar-refractivity contribution in [1.82, 2.24) is 0 Å². The van der Waals surface area contributed by atoms with Crippen molar-refractivity contribution in [2.24, 2.45) is 0 Å². The lowest BCUT2D eigenvalue weighted by Crippen LogP contribution is -1.74. The zero-order valence-corrected chi connectivity index (χ0v) is 7.56. The van der Waals surface area contributed by atoms with Gasteiger partial charge in [0.15, 0.2) is 0 Å². The molecule has 0 radical (unpaired) electrons. The minimum absolute atomic E-state index is 0.760. The molecule has 0 amide bonds. The molecule has 2 rings (SSSR count). The molecule has 0 aliphatic carbocycles. The summed E-state index contributed by atoms with van der Waals surface area (Å²) in [6.07, 6.45) is 2.63. The van der Waals surface area contributed by atoms with Gasteiger partial charge in [-0.2, -0.15) is 0 Å². The van der Waals surface area contributed by atoms with Crippen LogP contribution in [0, 0.1) is 0 Å². The second kappa shape index (κ2) is 2.83. The maximum absolute atomic E-state index is 5.97. The highest BCUT2D eigenvalue weighted by molar-refractivity contribution is 6.35. The summed E-state index contributed by atoms with van der Waals surface area (Å²) in [5.74, 6) is 1.01. The van der Waals surface area contributed by atoms with Gasteiger partial charge in [-0.15, -0.1) is 0 Å². The highest BCUT2D eigenvalue weighted by Crippen LogP contribution is 2.27. The second-order valence-electron chi connectivity index (χ2n) is 2.71. The number of hydrogen-bond acceptors (Lipinski definition) is 1. The number of aryl methyl sites for hydroxylation is 1. The third-order valence-corrected chi connectivity index (χ3v) is 2.32. The van der Waals surface area contributed by atoms with Gasteiger partial charge in [0, 0.05) is 17.2 Å². The van der Waals surface area contributed by atoms with Crippen LogP contribution < -0.4 is 0 Å². The average Bonchev–Trinajstić information content (AvgIpc) is 2.49. The summed E-state index contributed by atoms with van der Waals surface area (Å²) < 4.78 is 5.36. The average molecular weight is 181 g/mol. The Balaban J connectivity index is 2.80. The molecular formula is C10H9ClO. The van der Waals surface area contributed by atoms with Gasteiger partial charge in [0.05, 0.1) is 5.02 Å². The van der Waals surface area contributed by atoms with Crippen LogP contribution in [0.1, 0.15) is 12.7 Å². The summed E-state index contributed by atoms with van der Waals surface area (Å²) in [5, 5.41) is 2.90. The van der Waals surface area contributed by atoms with E-state index < -0.39 is 0 Å². The Labute approximate surface area is 75.9 Å². The Bertz CT molecular complexity index is 403. The van der Waals surface area contributed by atoms with Crippen LogP contribution in [-0.2, 0) is 6.42 Å². The quantitative estimate of drug-likeness (QED) is 0.653. The van der Waals surface area contributed by atoms with Gasteiger partial charge in [0.1, 0.15) is 12.0 Å². The summed E-state index contributed by atoms with van der Waals surface area (Å²) in [4.78, 5) is 0. The fourth-order valence-corrected chi connectivity index (χ4v) is 1.59. The van der Waals surface area contributed by atoms with Gasteiger partial charge in [0.25, 0.3) is 0 Å². The van der Waals surface area contributed by atoms with Crippen molar-refractivity contribution in [2.75, 3.05) is 0 Å². The number of halogens is 1. The van der Waals surface area contributed by atoms with Crippen molar-refractivity contribution in [3.05, 3.63) is 35.2 Å². The molecule has 0 aliphatic heterocycles. The van der Waals surface area contributed by atoms with Crippen molar-refractivity contribution in [3.63, 3.8) is 0 Å². The number of furan rings is 1. The van der Waals surface area contributed by atoms with Gasteiger partial charge >= 0.3 is 0 Å². The lowest BCUT2D eigenvalue weighted by atomic mass is 10.1. The van der Waals surface area contributed by atoms with Crippen LogP contribution in [0.5, 0.6) is 0 Å². The Hall–Kier alpha value is -0.950. The van der Waals surface area contributed by atoms with Crippen LogP contribution in [0.3, 0.4) is 0 Å². The molecule has 0 saturated heterocycles. The monoisotopic (exact) mass is 180 g/mol. The van der Waals surface area contributed by atoms with E-state index in [-0.39, 0.29) is 0 Å². The number of rotatable bonds is 1. The molecule has 1 aromatic heterocycles. The second-order valence-corrected chi connectivity index (χ2v) is 3.12. The molecule has 12 heavy (non-hydrogen) atoms. The van der Waals surface area contributed by atoms with E-state index >= 15 is 0 Å². The number of hydrogen-bond donors (Lipinski definition) is 0. The fourth-order valence-electron chi connectivity index (χ4n) is 1.37. The highest BCUT2D eigenvalue weighted by Gasteiger charge is 2.05. The third kappa shape index (κ3) is 1.01. The van der Waals surface area contributed by atoms with Gasteiger partial charge in [-0.1, -0.05) is 30.7 Å². The summed E-state index contributed by atoms with van der Waals surface area (Å²) in [6, 6.07) is 5.85. The van der Waals surface area contributed by atoms with Gasteiger partial charge in [-0.25, -0.2) is 0 Å². The molecule has 0 N–H and O–H groups in total. The van der Waals surface area contributed by atoms with Crippen LogP contribution in [0.25, 0.3) is 10.8 Å². The van der Waals surface area contributed by atoms with E-state index in [0.29, 0.717) is 0 Å². The molecule has 2 aromatic rings. The van der Waals surface area contributed by atoms with Crippen molar-refractivity contribution in [3.8, 4) is 0 Å². The Kier molecular flexibility index (Phi) is 1.81.